The van der Waals surface area contributed by atoms with Crippen molar-refractivity contribution >= 4 is 10.8 Å². The summed E-state index contributed by atoms with van der Waals surface area (Å²) in [6.07, 6.45) is 13.9. The third-order valence-corrected chi connectivity index (χ3v) is 3.37. The van der Waals surface area contributed by atoms with Crippen molar-refractivity contribution in [3.8, 4) is 24.7 Å². The van der Waals surface area contributed by atoms with Gasteiger partial charge in [-0.05, 0) is 23.8 Å². The summed E-state index contributed by atoms with van der Waals surface area (Å²) < 4.78 is 2.22. The molecule has 0 amide bonds. The standard InChI is InChI=1S/C18H18N/c1-4-6-7-10-13-19-15(3)14-16-11-8-9-12-17(16)18(19)5-2/h1-2,8-9,11-12,14H,6-7,10,13H2,3H3/q+1. The summed E-state index contributed by atoms with van der Waals surface area (Å²) in [5.74, 6) is 5.52. The van der Waals surface area contributed by atoms with Gasteiger partial charge in [-0.3, -0.25) is 0 Å². The van der Waals surface area contributed by atoms with Crippen LogP contribution in [-0.2, 0) is 6.54 Å². The van der Waals surface area contributed by atoms with E-state index in [2.05, 4.69) is 41.5 Å². The average molecular weight is 248 g/mol. The third kappa shape index (κ3) is 2.78. The molecule has 0 atom stereocenters. The minimum atomic E-state index is 0.832. The number of aromatic nitrogens is 1. The Kier molecular flexibility index (Phi) is 4.22. The molecule has 0 spiro atoms. The highest BCUT2D eigenvalue weighted by atomic mass is 15.0. The Hall–Kier alpha value is -2.25. The van der Waals surface area contributed by atoms with Gasteiger partial charge < -0.3 is 0 Å². The van der Waals surface area contributed by atoms with Crippen LogP contribution in [0.4, 0.5) is 0 Å². The Morgan fingerprint density at radius 1 is 1.16 bits per heavy atom. The van der Waals surface area contributed by atoms with E-state index in [0.717, 1.165) is 36.9 Å². The number of rotatable bonds is 4. The molecule has 2 rings (SSSR count). The number of hydrogen-bond donors (Lipinski definition) is 0. The van der Waals surface area contributed by atoms with Gasteiger partial charge >= 0.3 is 0 Å². The van der Waals surface area contributed by atoms with E-state index in [1.807, 2.05) is 12.1 Å². The summed E-state index contributed by atoms with van der Waals surface area (Å²) in [6, 6.07) is 10.5. The third-order valence-electron chi connectivity index (χ3n) is 3.37. The van der Waals surface area contributed by atoms with E-state index in [0.29, 0.717) is 0 Å². The number of fused-ring (bicyclic) bond motifs is 1. The largest absolute Gasteiger partial charge is 0.264 e. The molecule has 0 aliphatic rings. The predicted octanol–water partition coefficient (Wildman–Crippen LogP) is 3.22. The Balaban J connectivity index is 2.40. The molecule has 2 aromatic rings. The second-order valence-corrected chi connectivity index (χ2v) is 4.68. The van der Waals surface area contributed by atoms with Crippen LogP contribution in [-0.4, -0.2) is 0 Å². The molecule has 1 heteroatoms. The van der Waals surface area contributed by atoms with E-state index in [-0.39, 0.29) is 0 Å². The first-order valence-electron chi connectivity index (χ1n) is 6.60. The maximum Gasteiger partial charge on any atom is 0.264 e. The second kappa shape index (κ2) is 6.07. The van der Waals surface area contributed by atoms with Crippen molar-refractivity contribution in [3.05, 3.63) is 41.7 Å². The van der Waals surface area contributed by atoms with Gasteiger partial charge in [0.1, 0.15) is 6.54 Å². The SMILES string of the molecule is C#CCCCC[n+]1c(C)cc2ccccc2c1C#C. The summed E-state index contributed by atoms with van der Waals surface area (Å²) in [6.45, 7) is 3.03. The molecule has 1 aromatic heterocycles. The number of pyridine rings is 1. The van der Waals surface area contributed by atoms with Gasteiger partial charge in [0.25, 0.3) is 5.69 Å². The first-order valence-corrected chi connectivity index (χ1v) is 6.60. The van der Waals surface area contributed by atoms with Crippen LogP contribution < -0.4 is 4.57 Å². The van der Waals surface area contributed by atoms with Crippen molar-refractivity contribution in [1.29, 1.82) is 0 Å². The van der Waals surface area contributed by atoms with Gasteiger partial charge in [0.05, 0.1) is 5.39 Å². The van der Waals surface area contributed by atoms with Crippen LogP contribution in [0, 0.1) is 31.6 Å². The fourth-order valence-electron chi connectivity index (χ4n) is 2.40. The lowest BCUT2D eigenvalue weighted by Crippen LogP contribution is -2.40. The van der Waals surface area contributed by atoms with Gasteiger partial charge in [-0.1, -0.05) is 18.2 Å². The number of nitrogens with zero attached hydrogens (tertiary/aromatic N) is 1. The van der Waals surface area contributed by atoms with Crippen molar-refractivity contribution in [1.82, 2.24) is 0 Å². The molecule has 0 saturated heterocycles. The number of unbranched alkanes of at least 4 members (excludes halogenated alkanes) is 2. The molecule has 0 aliphatic carbocycles. The van der Waals surface area contributed by atoms with Gasteiger partial charge in [-0.25, -0.2) is 0 Å². The number of hydrogen-bond acceptors (Lipinski definition) is 0. The summed E-state index contributed by atoms with van der Waals surface area (Å²) in [7, 11) is 0. The van der Waals surface area contributed by atoms with Crippen LogP contribution in [0.15, 0.2) is 30.3 Å². The minimum absolute atomic E-state index is 0.832. The second-order valence-electron chi connectivity index (χ2n) is 4.68. The van der Waals surface area contributed by atoms with Gasteiger partial charge in [-0.15, -0.1) is 18.8 Å². The maximum atomic E-state index is 5.71. The van der Waals surface area contributed by atoms with Crippen molar-refractivity contribution in [3.63, 3.8) is 0 Å². The zero-order valence-electron chi connectivity index (χ0n) is 11.3. The molecule has 1 aromatic carbocycles. The normalized spacial score (nSPS) is 10.1. The molecule has 0 radical (unpaired) electrons. The van der Waals surface area contributed by atoms with E-state index in [1.165, 1.54) is 11.1 Å². The van der Waals surface area contributed by atoms with Crippen molar-refractivity contribution < 1.29 is 4.57 Å². The fraction of sp³-hybridized carbons (Fsp3) is 0.278. The highest BCUT2D eigenvalue weighted by Crippen LogP contribution is 2.16. The van der Waals surface area contributed by atoms with Crippen LogP contribution in [0.5, 0.6) is 0 Å². The predicted molar refractivity (Wildman–Crippen MR) is 79.5 cm³/mol. The zero-order chi connectivity index (χ0) is 13.7. The quantitative estimate of drug-likeness (QED) is 0.444. The Labute approximate surface area is 115 Å². The first kappa shape index (κ1) is 13.2. The summed E-state index contributed by atoms with van der Waals surface area (Å²) in [5.41, 5.74) is 2.17. The van der Waals surface area contributed by atoms with E-state index in [1.54, 1.807) is 0 Å². The lowest BCUT2D eigenvalue weighted by molar-refractivity contribution is -0.704. The smallest absolute Gasteiger partial charge is 0.188 e. The lowest BCUT2D eigenvalue weighted by Gasteiger charge is -2.06. The van der Waals surface area contributed by atoms with Crippen LogP contribution in [0.25, 0.3) is 10.8 Å². The van der Waals surface area contributed by atoms with Gasteiger partial charge in [0, 0.05) is 25.8 Å². The highest BCUT2D eigenvalue weighted by molar-refractivity contribution is 5.85. The van der Waals surface area contributed by atoms with E-state index in [9.17, 15) is 0 Å². The number of terminal acetylenes is 2. The molecule has 19 heavy (non-hydrogen) atoms. The zero-order valence-corrected chi connectivity index (χ0v) is 11.3. The molecule has 0 bridgehead atoms. The molecule has 0 N–H and O–H groups in total. The molecule has 0 fully saturated rings. The lowest BCUT2D eigenvalue weighted by atomic mass is 10.1. The van der Waals surface area contributed by atoms with Crippen LogP contribution in [0.3, 0.4) is 0 Å². The van der Waals surface area contributed by atoms with Crippen LogP contribution in [0.1, 0.15) is 30.7 Å². The van der Waals surface area contributed by atoms with Gasteiger partial charge in [0.15, 0.2) is 5.69 Å². The van der Waals surface area contributed by atoms with Crippen molar-refractivity contribution in [2.24, 2.45) is 0 Å². The van der Waals surface area contributed by atoms with E-state index < -0.39 is 0 Å². The molecular weight excluding hydrogens is 230 g/mol. The molecule has 0 aliphatic heterocycles. The summed E-state index contributed by atoms with van der Waals surface area (Å²) in [5, 5.41) is 2.35. The average Bonchev–Trinajstić information content (AvgIpc) is 2.43. The number of aryl methyl sites for hydroxylation is 1. The molecular formula is C18H18N+. The molecule has 94 valence electrons. The molecule has 1 nitrogen and oxygen atoms in total. The van der Waals surface area contributed by atoms with Gasteiger partial charge in [0.2, 0.25) is 0 Å². The number of benzene rings is 1. The fourth-order valence-corrected chi connectivity index (χ4v) is 2.40. The Morgan fingerprint density at radius 2 is 1.95 bits per heavy atom. The van der Waals surface area contributed by atoms with Crippen molar-refractivity contribution in [2.75, 3.05) is 0 Å². The maximum absolute atomic E-state index is 5.71. The summed E-state index contributed by atoms with van der Waals surface area (Å²) >= 11 is 0. The monoisotopic (exact) mass is 248 g/mol. The van der Waals surface area contributed by atoms with Crippen LogP contribution >= 0.6 is 0 Å². The van der Waals surface area contributed by atoms with Gasteiger partial charge in [-0.2, -0.15) is 4.57 Å². The van der Waals surface area contributed by atoms with E-state index in [4.69, 9.17) is 12.8 Å². The topological polar surface area (TPSA) is 3.88 Å². The first-order chi connectivity index (χ1) is 9.27. The molecule has 1 heterocycles. The molecule has 0 unspecified atom stereocenters. The van der Waals surface area contributed by atoms with E-state index >= 15 is 0 Å². The Bertz CT molecular complexity index is 668. The minimum Gasteiger partial charge on any atom is -0.188 e. The summed E-state index contributed by atoms with van der Waals surface area (Å²) in [4.78, 5) is 0. The molecule has 0 saturated carbocycles. The van der Waals surface area contributed by atoms with Crippen LogP contribution in [0.2, 0.25) is 0 Å². The van der Waals surface area contributed by atoms with Crippen molar-refractivity contribution in [2.45, 2.75) is 32.7 Å². The highest BCUT2D eigenvalue weighted by Gasteiger charge is 2.16. The Morgan fingerprint density at radius 3 is 2.68 bits per heavy atom.